The van der Waals surface area contributed by atoms with Crippen molar-refractivity contribution in [2.75, 3.05) is 19.0 Å². The molecule has 7 nitrogen and oxygen atoms in total. The number of hydrogen-bond donors (Lipinski definition) is 1. The van der Waals surface area contributed by atoms with E-state index in [1.165, 1.54) is 13.2 Å². The SMILES string of the molecule is COC(=O)c1ccccc1NC(=O)COC(=O)c1ccccc1-c1ccccc1C#N. The molecule has 3 aromatic carbocycles. The number of carbonyl (C=O) groups excluding carboxylic acids is 3. The Hall–Kier alpha value is -4.44. The maximum absolute atomic E-state index is 12.7. The Morgan fingerprint density at radius 3 is 2.16 bits per heavy atom. The lowest BCUT2D eigenvalue weighted by Gasteiger charge is -2.12. The van der Waals surface area contributed by atoms with Gasteiger partial charge in [0.15, 0.2) is 6.61 Å². The summed E-state index contributed by atoms with van der Waals surface area (Å²) in [6, 6.07) is 22.0. The predicted octanol–water partition coefficient (Wildman–Crippen LogP) is 3.81. The summed E-state index contributed by atoms with van der Waals surface area (Å²) in [6.45, 7) is -0.553. The monoisotopic (exact) mass is 414 g/mol. The Morgan fingerprint density at radius 1 is 0.839 bits per heavy atom. The average Bonchev–Trinajstić information content (AvgIpc) is 2.82. The lowest BCUT2D eigenvalue weighted by atomic mass is 9.96. The van der Waals surface area contributed by atoms with Crippen molar-refractivity contribution in [3.05, 3.63) is 89.5 Å². The molecule has 0 fully saturated rings. The molecule has 0 radical (unpaired) electrons. The zero-order chi connectivity index (χ0) is 22.2. The van der Waals surface area contributed by atoms with Gasteiger partial charge in [-0.3, -0.25) is 4.79 Å². The molecule has 0 saturated heterocycles. The number of nitrogens with one attached hydrogen (secondary N) is 1. The fraction of sp³-hybridized carbons (Fsp3) is 0.0833. The third-order valence-electron chi connectivity index (χ3n) is 4.43. The topological polar surface area (TPSA) is 105 Å². The summed E-state index contributed by atoms with van der Waals surface area (Å²) in [6.07, 6.45) is 0. The van der Waals surface area contributed by atoms with E-state index in [1.54, 1.807) is 66.7 Å². The standard InChI is InChI=1S/C24H18N2O5/c1-30-23(28)20-12-6-7-13-21(20)26-22(27)15-31-24(29)19-11-5-4-10-18(19)17-9-3-2-8-16(17)14-25/h2-13H,15H2,1H3,(H,26,27). The highest BCUT2D eigenvalue weighted by molar-refractivity contribution is 6.03. The van der Waals surface area contributed by atoms with Crippen LogP contribution in [0.3, 0.4) is 0 Å². The van der Waals surface area contributed by atoms with Gasteiger partial charge in [0.1, 0.15) is 0 Å². The summed E-state index contributed by atoms with van der Waals surface area (Å²) < 4.78 is 9.86. The molecule has 0 aliphatic rings. The van der Waals surface area contributed by atoms with Crippen molar-refractivity contribution in [2.24, 2.45) is 0 Å². The maximum atomic E-state index is 12.7. The zero-order valence-corrected chi connectivity index (χ0v) is 16.6. The molecule has 0 heterocycles. The van der Waals surface area contributed by atoms with Crippen molar-refractivity contribution in [3.63, 3.8) is 0 Å². The summed E-state index contributed by atoms with van der Waals surface area (Å²) in [4.78, 5) is 36.8. The molecule has 0 aliphatic carbocycles. The van der Waals surface area contributed by atoms with Crippen molar-refractivity contribution in [1.82, 2.24) is 0 Å². The quantitative estimate of drug-likeness (QED) is 0.615. The van der Waals surface area contributed by atoms with Gasteiger partial charge in [-0.05, 0) is 29.8 Å². The van der Waals surface area contributed by atoms with Crippen LogP contribution in [0.15, 0.2) is 72.8 Å². The number of esters is 2. The fourth-order valence-electron chi connectivity index (χ4n) is 2.99. The van der Waals surface area contributed by atoms with E-state index in [1.807, 2.05) is 0 Å². The van der Waals surface area contributed by atoms with Crippen LogP contribution < -0.4 is 5.32 Å². The molecule has 0 aliphatic heterocycles. The predicted molar refractivity (Wildman–Crippen MR) is 113 cm³/mol. The molecule has 0 spiro atoms. The summed E-state index contributed by atoms with van der Waals surface area (Å²) in [5.74, 6) is -1.92. The number of anilines is 1. The molecule has 0 bridgehead atoms. The first-order valence-corrected chi connectivity index (χ1v) is 9.28. The second-order valence-corrected chi connectivity index (χ2v) is 6.36. The van der Waals surface area contributed by atoms with Gasteiger partial charge in [0.2, 0.25) is 0 Å². The second kappa shape index (κ2) is 9.85. The van der Waals surface area contributed by atoms with E-state index in [0.717, 1.165) is 0 Å². The number of ether oxygens (including phenoxy) is 2. The highest BCUT2D eigenvalue weighted by Gasteiger charge is 2.18. The molecule has 0 unspecified atom stereocenters. The van der Waals surface area contributed by atoms with Crippen LogP contribution in [-0.2, 0) is 14.3 Å². The van der Waals surface area contributed by atoms with Gasteiger partial charge in [-0.25, -0.2) is 9.59 Å². The molecular formula is C24H18N2O5. The number of nitriles is 1. The fourth-order valence-corrected chi connectivity index (χ4v) is 2.99. The molecule has 0 aromatic heterocycles. The van der Waals surface area contributed by atoms with Gasteiger partial charge >= 0.3 is 11.9 Å². The largest absolute Gasteiger partial charge is 0.465 e. The van der Waals surface area contributed by atoms with Gasteiger partial charge in [-0.1, -0.05) is 48.5 Å². The van der Waals surface area contributed by atoms with Crippen molar-refractivity contribution in [3.8, 4) is 17.2 Å². The van der Waals surface area contributed by atoms with Crippen molar-refractivity contribution in [2.45, 2.75) is 0 Å². The van der Waals surface area contributed by atoms with E-state index in [4.69, 9.17) is 9.47 Å². The van der Waals surface area contributed by atoms with E-state index in [2.05, 4.69) is 11.4 Å². The number of amides is 1. The first-order valence-electron chi connectivity index (χ1n) is 9.28. The van der Waals surface area contributed by atoms with Crippen molar-refractivity contribution >= 4 is 23.5 Å². The van der Waals surface area contributed by atoms with Crippen LogP contribution in [0, 0.1) is 11.3 Å². The van der Waals surface area contributed by atoms with Crippen LogP contribution in [0.2, 0.25) is 0 Å². The summed E-state index contributed by atoms with van der Waals surface area (Å²) in [5, 5.41) is 11.9. The van der Waals surface area contributed by atoms with Gasteiger partial charge in [0.05, 0.1) is 35.6 Å². The molecule has 1 amide bonds. The van der Waals surface area contributed by atoms with Crippen LogP contribution in [0.5, 0.6) is 0 Å². The number of rotatable bonds is 6. The molecule has 31 heavy (non-hydrogen) atoms. The summed E-state index contributed by atoms with van der Waals surface area (Å²) in [7, 11) is 1.24. The van der Waals surface area contributed by atoms with E-state index in [-0.39, 0.29) is 16.8 Å². The van der Waals surface area contributed by atoms with Crippen LogP contribution >= 0.6 is 0 Å². The van der Waals surface area contributed by atoms with Gasteiger partial charge in [0, 0.05) is 5.56 Å². The first kappa shape index (κ1) is 21.3. The highest BCUT2D eigenvalue weighted by Crippen LogP contribution is 2.27. The molecule has 0 saturated carbocycles. The zero-order valence-electron chi connectivity index (χ0n) is 16.6. The summed E-state index contributed by atoms with van der Waals surface area (Å²) in [5.41, 5.74) is 2.20. The van der Waals surface area contributed by atoms with Crippen molar-refractivity contribution in [1.29, 1.82) is 5.26 Å². The highest BCUT2D eigenvalue weighted by atomic mass is 16.5. The van der Waals surface area contributed by atoms with Crippen LogP contribution in [-0.4, -0.2) is 31.6 Å². The second-order valence-electron chi connectivity index (χ2n) is 6.36. The Morgan fingerprint density at radius 2 is 1.45 bits per heavy atom. The molecule has 7 heteroatoms. The number of carbonyl (C=O) groups is 3. The normalized spacial score (nSPS) is 9.94. The number of benzene rings is 3. The Kier molecular flexibility index (Phi) is 6.76. The van der Waals surface area contributed by atoms with E-state index in [9.17, 15) is 19.6 Å². The van der Waals surface area contributed by atoms with Crippen LogP contribution in [0.1, 0.15) is 26.3 Å². The van der Waals surface area contributed by atoms with E-state index < -0.39 is 24.5 Å². The third kappa shape index (κ3) is 4.95. The Balaban J connectivity index is 1.74. The van der Waals surface area contributed by atoms with Crippen LogP contribution in [0.25, 0.3) is 11.1 Å². The average molecular weight is 414 g/mol. The van der Waals surface area contributed by atoms with E-state index >= 15 is 0 Å². The van der Waals surface area contributed by atoms with Gasteiger partial charge in [-0.15, -0.1) is 0 Å². The molecule has 1 N–H and O–H groups in total. The molecule has 154 valence electrons. The smallest absolute Gasteiger partial charge is 0.339 e. The van der Waals surface area contributed by atoms with Gasteiger partial charge in [-0.2, -0.15) is 5.26 Å². The molecule has 3 aromatic rings. The Bertz CT molecular complexity index is 1180. The lowest BCUT2D eigenvalue weighted by Crippen LogP contribution is -2.22. The van der Waals surface area contributed by atoms with Gasteiger partial charge < -0.3 is 14.8 Å². The number of hydrogen-bond acceptors (Lipinski definition) is 6. The third-order valence-corrected chi connectivity index (χ3v) is 4.43. The minimum atomic E-state index is -0.709. The van der Waals surface area contributed by atoms with Gasteiger partial charge in [0.25, 0.3) is 5.91 Å². The molecule has 0 atom stereocenters. The molecular weight excluding hydrogens is 396 g/mol. The number of para-hydroxylation sites is 1. The number of nitrogens with zero attached hydrogens (tertiary/aromatic N) is 1. The van der Waals surface area contributed by atoms with E-state index in [0.29, 0.717) is 16.7 Å². The van der Waals surface area contributed by atoms with Crippen LogP contribution in [0.4, 0.5) is 5.69 Å². The minimum absolute atomic E-state index is 0.183. The number of methoxy groups -OCH3 is 1. The van der Waals surface area contributed by atoms with Crippen molar-refractivity contribution < 1.29 is 23.9 Å². The maximum Gasteiger partial charge on any atom is 0.339 e. The Labute approximate surface area is 178 Å². The minimum Gasteiger partial charge on any atom is -0.465 e. The summed E-state index contributed by atoms with van der Waals surface area (Å²) >= 11 is 0. The molecule has 3 rings (SSSR count). The lowest BCUT2D eigenvalue weighted by molar-refractivity contribution is -0.119. The first-order chi connectivity index (χ1) is 15.0.